The van der Waals surface area contributed by atoms with Crippen LogP contribution in [0.5, 0.6) is 11.5 Å². The van der Waals surface area contributed by atoms with E-state index in [9.17, 15) is 15.2 Å². The number of rotatable bonds is 4. The van der Waals surface area contributed by atoms with Gasteiger partial charge < -0.3 is 14.8 Å². The van der Waals surface area contributed by atoms with Gasteiger partial charge in [-0.25, -0.2) is 4.98 Å². The minimum absolute atomic E-state index is 0.134. The molecule has 0 aliphatic rings. The van der Waals surface area contributed by atoms with E-state index < -0.39 is 11.3 Å². The molecule has 0 aliphatic heterocycles. The van der Waals surface area contributed by atoms with Gasteiger partial charge in [0.05, 0.1) is 12.6 Å². The Kier molecular flexibility index (Phi) is 4.67. The standard InChI is InChI=1S/C22H16N4O3/c1-29-17-5-2-13(3-6-17)14-8-9-24-16(10-14)11-15-4-7-19-20(25-15)18(12-23)21(27)22(28)26-19/h2-10,27H,11H2,1H3,(H,26,28). The molecular weight excluding hydrogens is 368 g/mol. The quantitative estimate of drug-likeness (QED) is 0.559. The predicted molar refractivity (Wildman–Crippen MR) is 108 cm³/mol. The number of ether oxygens (including phenoxy) is 1. The van der Waals surface area contributed by atoms with Gasteiger partial charge in [0, 0.05) is 24.0 Å². The minimum atomic E-state index is -0.711. The summed E-state index contributed by atoms with van der Waals surface area (Å²) in [6, 6.07) is 16.9. The second-order valence-corrected chi connectivity index (χ2v) is 6.43. The molecule has 3 heterocycles. The Balaban J connectivity index is 1.69. The smallest absolute Gasteiger partial charge is 0.292 e. The van der Waals surface area contributed by atoms with E-state index in [1.54, 1.807) is 25.4 Å². The SMILES string of the molecule is COc1ccc(-c2ccnc(Cc3ccc4[nH]c(=O)c(O)c(C#N)c4n3)c2)cc1. The first-order valence-electron chi connectivity index (χ1n) is 8.83. The maximum atomic E-state index is 11.7. The molecule has 7 nitrogen and oxygen atoms in total. The largest absolute Gasteiger partial charge is 0.502 e. The Morgan fingerprint density at radius 3 is 2.62 bits per heavy atom. The number of hydrogen-bond acceptors (Lipinski definition) is 6. The molecule has 3 aromatic heterocycles. The second-order valence-electron chi connectivity index (χ2n) is 6.43. The molecule has 0 spiro atoms. The third-order valence-corrected chi connectivity index (χ3v) is 4.60. The van der Waals surface area contributed by atoms with Crippen LogP contribution in [0, 0.1) is 11.3 Å². The van der Waals surface area contributed by atoms with Gasteiger partial charge in [-0.05, 0) is 47.5 Å². The number of H-pyrrole nitrogens is 1. The molecule has 142 valence electrons. The van der Waals surface area contributed by atoms with Crippen molar-refractivity contribution in [1.29, 1.82) is 5.26 Å². The molecule has 0 fully saturated rings. The van der Waals surface area contributed by atoms with Gasteiger partial charge in [-0.2, -0.15) is 5.26 Å². The van der Waals surface area contributed by atoms with Crippen molar-refractivity contribution in [2.75, 3.05) is 7.11 Å². The molecule has 0 atom stereocenters. The normalized spacial score (nSPS) is 10.6. The number of aromatic hydroxyl groups is 1. The lowest BCUT2D eigenvalue weighted by atomic mass is 10.0. The Bertz CT molecular complexity index is 1300. The maximum absolute atomic E-state index is 11.7. The van der Waals surface area contributed by atoms with Crippen LogP contribution in [-0.2, 0) is 6.42 Å². The zero-order valence-electron chi connectivity index (χ0n) is 15.5. The number of fused-ring (bicyclic) bond motifs is 1. The Morgan fingerprint density at radius 1 is 1.10 bits per heavy atom. The van der Waals surface area contributed by atoms with E-state index in [1.165, 1.54) is 0 Å². The summed E-state index contributed by atoms with van der Waals surface area (Å²) in [5.74, 6) is 0.169. The lowest BCUT2D eigenvalue weighted by molar-refractivity contribution is 0.415. The van der Waals surface area contributed by atoms with Crippen molar-refractivity contribution in [2.45, 2.75) is 6.42 Å². The zero-order valence-corrected chi connectivity index (χ0v) is 15.5. The van der Waals surface area contributed by atoms with Gasteiger partial charge in [0.1, 0.15) is 22.9 Å². The average molecular weight is 384 g/mol. The second kappa shape index (κ2) is 7.44. The highest BCUT2D eigenvalue weighted by Crippen LogP contribution is 2.24. The fourth-order valence-corrected chi connectivity index (χ4v) is 3.13. The molecule has 29 heavy (non-hydrogen) atoms. The van der Waals surface area contributed by atoms with Gasteiger partial charge in [0.2, 0.25) is 5.75 Å². The molecule has 2 N–H and O–H groups in total. The lowest BCUT2D eigenvalue weighted by Gasteiger charge is -2.07. The summed E-state index contributed by atoms with van der Waals surface area (Å²) in [5, 5.41) is 19.1. The molecule has 0 bridgehead atoms. The summed E-state index contributed by atoms with van der Waals surface area (Å²) >= 11 is 0. The molecular formula is C22H16N4O3. The van der Waals surface area contributed by atoms with Crippen molar-refractivity contribution < 1.29 is 9.84 Å². The predicted octanol–water partition coefficient (Wildman–Crippen LogP) is 3.16. The van der Waals surface area contributed by atoms with Crippen LogP contribution in [0.15, 0.2) is 59.5 Å². The number of benzene rings is 1. The van der Waals surface area contributed by atoms with Crippen LogP contribution >= 0.6 is 0 Å². The van der Waals surface area contributed by atoms with Crippen molar-refractivity contribution in [3.05, 3.63) is 82.0 Å². The minimum Gasteiger partial charge on any atom is -0.502 e. The molecule has 0 saturated carbocycles. The maximum Gasteiger partial charge on any atom is 0.292 e. The highest BCUT2D eigenvalue weighted by Gasteiger charge is 2.13. The number of pyridine rings is 3. The number of aromatic amines is 1. The Hall–Kier alpha value is -4.18. The average Bonchev–Trinajstić information content (AvgIpc) is 2.75. The third kappa shape index (κ3) is 3.51. The fourth-order valence-electron chi connectivity index (χ4n) is 3.13. The summed E-state index contributed by atoms with van der Waals surface area (Å²) in [4.78, 5) is 23.1. The molecule has 4 rings (SSSR count). The summed E-state index contributed by atoms with van der Waals surface area (Å²) in [6.07, 6.45) is 2.17. The molecule has 4 aromatic rings. The lowest BCUT2D eigenvalue weighted by Crippen LogP contribution is -2.08. The van der Waals surface area contributed by atoms with E-state index in [2.05, 4.69) is 15.0 Å². The molecule has 0 unspecified atom stereocenters. The van der Waals surface area contributed by atoms with Crippen LogP contribution in [0.1, 0.15) is 17.0 Å². The van der Waals surface area contributed by atoms with Crippen LogP contribution in [0.3, 0.4) is 0 Å². The van der Waals surface area contributed by atoms with Crippen molar-refractivity contribution >= 4 is 11.0 Å². The first-order valence-corrected chi connectivity index (χ1v) is 8.83. The van der Waals surface area contributed by atoms with Gasteiger partial charge in [0.25, 0.3) is 5.56 Å². The third-order valence-electron chi connectivity index (χ3n) is 4.60. The van der Waals surface area contributed by atoms with E-state index >= 15 is 0 Å². The number of hydrogen-bond donors (Lipinski definition) is 2. The molecule has 7 heteroatoms. The van der Waals surface area contributed by atoms with E-state index in [1.807, 2.05) is 42.5 Å². The topological polar surface area (TPSA) is 112 Å². The molecule has 0 saturated heterocycles. The van der Waals surface area contributed by atoms with Crippen LogP contribution in [0.4, 0.5) is 0 Å². The molecule has 0 amide bonds. The summed E-state index contributed by atoms with van der Waals surface area (Å²) < 4.78 is 5.19. The van der Waals surface area contributed by atoms with Crippen molar-refractivity contribution in [1.82, 2.24) is 15.0 Å². The molecule has 0 aliphatic carbocycles. The van der Waals surface area contributed by atoms with E-state index in [-0.39, 0.29) is 11.1 Å². The van der Waals surface area contributed by atoms with Gasteiger partial charge in [-0.15, -0.1) is 0 Å². The molecule has 0 radical (unpaired) electrons. The number of nitrogens with zero attached hydrogens (tertiary/aromatic N) is 3. The van der Waals surface area contributed by atoms with E-state index in [0.717, 1.165) is 22.6 Å². The summed E-state index contributed by atoms with van der Waals surface area (Å²) in [6.45, 7) is 0. The first kappa shape index (κ1) is 18.2. The van der Waals surface area contributed by atoms with Crippen LogP contribution < -0.4 is 10.3 Å². The van der Waals surface area contributed by atoms with Crippen LogP contribution in [0.25, 0.3) is 22.2 Å². The van der Waals surface area contributed by atoms with Crippen LogP contribution in [-0.4, -0.2) is 27.2 Å². The van der Waals surface area contributed by atoms with Crippen molar-refractivity contribution in [2.24, 2.45) is 0 Å². The van der Waals surface area contributed by atoms with Gasteiger partial charge >= 0.3 is 0 Å². The first-order chi connectivity index (χ1) is 14.1. The van der Waals surface area contributed by atoms with Gasteiger partial charge in [0.15, 0.2) is 0 Å². The number of methoxy groups -OCH3 is 1. The number of aromatic nitrogens is 3. The Morgan fingerprint density at radius 2 is 1.90 bits per heavy atom. The van der Waals surface area contributed by atoms with Crippen molar-refractivity contribution in [3.63, 3.8) is 0 Å². The van der Waals surface area contributed by atoms with Crippen molar-refractivity contribution in [3.8, 4) is 28.7 Å². The summed E-state index contributed by atoms with van der Waals surface area (Å²) in [7, 11) is 1.63. The van der Waals surface area contributed by atoms with Gasteiger partial charge in [-0.3, -0.25) is 9.78 Å². The Labute approximate surface area is 165 Å². The fraction of sp³-hybridized carbons (Fsp3) is 0.0909. The highest BCUT2D eigenvalue weighted by atomic mass is 16.5. The number of nitriles is 1. The van der Waals surface area contributed by atoms with Crippen LogP contribution in [0.2, 0.25) is 0 Å². The van der Waals surface area contributed by atoms with E-state index in [4.69, 9.17) is 4.74 Å². The van der Waals surface area contributed by atoms with E-state index in [0.29, 0.717) is 17.6 Å². The monoisotopic (exact) mass is 384 g/mol. The summed E-state index contributed by atoms with van der Waals surface area (Å²) in [5.41, 5.74) is 3.33. The zero-order chi connectivity index (χ0) is 20.4. The van der Waals surface area contributed by atoms with Gasteiger partial charge in [-0.1, -0.05) is 12.1 Å². The number of nitrogens with one attached hydrogen (secondary N) is 1. The molecule has 1 aromatic carbocycles. The highest BCUT2D eigenvalue weighted by molar-refractivity contribution is 5.82.